The molecule has 22 heavy (non-hydrogen) atoms. The first-order chi connectivity index (χ1) is 9.76. The van der Waals surface area contributed by atoms with E-state index in [4.69, 9.17) is 0 Å². The maximum absolute atomic E-state index is 3.79. The summed E-state index contributed by atoms with van der Waals surface area (Å²) in [4.78, 5) is 0. The van der Waals surface area contributed by atoms with Gasteiger partial charge in [0.15, 0.2) is 0 Å². The van der Waals surface area contributed by atoms with Crippen molar-refractivity contribution in [2.75, 3.05) is 0 Å². The number of benzene rings is 2. The monoisotopic (exact) mass is 292 g/mol. The summed E-state index contributed by atoms with van der Waals surface area (Å²) in [5.74, 6) is 0. The van der Waals surface area contributed by atoms with Crippen LogP contribution >= 0.6 is 0 Å². The van der Waals surface area contributed by atoms with Crippen molar-refractivity contribution in [2.45, 2.75) is 28.7 Å². The third-order valence-corrected chi connectivity index (χ3v) is 3.30. The van der Waals surface area contributed by atoms with E-state index in [0.717, 1.165) is 0 Å². The van der Waals surface area contributed by atoms with Crippen LogP contribution < -0.4 is 0 Å². The fraction of sp³-hybridized carbons (Fsp3) is 0.182. The molecule has 0 spiro atoms. The van der Waals surface area contributed by atoms with Crippen LogP contribution in [0.25, 0.3) is 16.7 Å². The highest BCUT2D eigenvalue weighted by Gasteiger charge is 2.03. The Morgan fingerprint density at radius 2 is 1.73 bits per heavy atom. The Hall–Kier alpha value is -2.34. The predicted molar refractivity (Wildman–Crippen MR) is 103 cm³/mol. The molecule has 0 radical (unpaired) electrons. The molecule has 0 saturated heterocycles. The number of aryl methyl sites for hydroxylation is 1. The van der Waals surface area contributed by atoms with Gasteiger partial charge in [0.25, 0.3) is 0 Å². The molecule has 0 amide bonds. The van der Waals surface area contributed by atoms with E-state index in [1.165, 1.54) is 27.8 Å². The van der Waals surface area contributed by atoms with Crippen molar-refractivity contribution in [1.82, 2.24) is 0 Å². The second kappa shape index (κ2) is 9.57. The van der Waals surface area contributed by atoms with E-state index in [9.17, 15) is 0 Å². The van der Waals surface area contributed by atoms with E-state index in [1.54, 1.807) is 0 Å². The molecule has 2 aromatic rings. The van der Waals surface area contributed by atoms with Crippen molar-refractivity contribution in [1.29, 1.82) is 0 Å². The van der Waals surface area contributed by atoms with Crippen LogP contribution in [0.15, 0.2) is 79.4 Å². The normalized spacial score (nSPS) is 10.7. The molecule has 0 atom stereocenters. The van der Waals surface area contributed by atoms with Crippen molar-refractivity contribution in [3.05, 3.63) is 90.5 Å². The fourth-order valence-corrected chi connectivity index (χ4v) is 2.32. The second-order valence-electron chi connectivity index (χ2n) is 4.75. The van der Waals surface area contributed by atoms with Gasteiger partial charge in [-0.1, -0.05) is 88.2 Å². The van der Waals surface area contributed by atoms with Crippen molar-refractivity contribution in [2.24, 2.45) is 0 Å². The third-order valence-electron chi connectivity index (χ3n) is 3.30. The van der Waals surface area contributed by atoms with Crippen molar-refractivity contribution >= 4 is 5.57 Å². The van der Waals surface area contributed by atoms with Gasteiger partial charge in [0.2, 0.25) is 0 Å². The number of hydrogen-bond acceptors (Lipinski definition) is 0. The Morgan fingerprint density at radius 1 is 1.00 bits per heavy atom. The van der Waals surface area contributed by atoms with E-state index in [2.05, 4.69) is 74.2 Å². The lowest BCUT2D eigenvalue weighted by atomic mass is 9.96. The molecule has 2 aromatic carbocycles. The summed E-state index contributed by atoms with van der Waals surface area (Å²) in [5.41, 5.74) is 6.22. The van der Waals surface area contributed by atoms with Crippen LogP contribution in [0.1, 0.15) is 32.9 Å². The molecule has 0 heterocycles. The Bertz CT molecular complexity index is 657. The van der Waals surface area contributed by atoms with Gasteiger partial charge in [0.1, 0.15) is 0 Å². The van der Waals surface area contributed by atoms with Crippen LogP contribution in [0, 0.1) is 6.92 Å². The molecule has 0 bridgehead atoms. The Morgan fingerprint density at radius 3 is 2.36 bits per heavy atom. The van der Waals surface area contributed by atoms with Gasteiger partial charge in [0.05, 0.1) is 0 Å². The topological polar surface area (TPSA) is 0 Å². The van der Waals surface area contributed by atoms with Crippen molar-refractivity contribution < 1.29 is 0 Å². The molecule has 0 aliphatic heterocycles. The lowest BCUT2D eigenvalue weighted by Gasteiger charge is -2.09. The lowest BCUT2D eigenvalue weighted by Crippen LogP contribution is -1.86. The summed E-state index contributed by atoms with van der Waals surface area (Å²) < 4.78 is 0. The zero-order valence-electron chi connectivity index (χ0n) is 12.1. The average Bonchev–Trinajstić information content (AvgIpc) is 2.48. The predicted octanol–water partition coefficient (Wildman–Crippen LogP) is 7.08. The molecule has 0 fully saturated rings. The molecule has 0 aliphatic rings. The molecule has 0 aromatic heterocycles. The highest BCUT2D eigenvalue weighted by atomic mass is 14.1. The standard InChI is InChI=1S/C20H20.2CH4/c1-4-9-17(10-5-2)18-12-8-13-19(15-18)20-14-7-6-11-16(20)3;;/h4-15H,1H2,2-3H3;2*1H4/b10-5-,17-9+;;. The minimum atomic E-state index is 0. The molecule has 0 heteroatoms. The highest BCUT2D eigenvalue weighted by molar-refractivity contribution is 5.79. The first-order valence-electron chi connectivity index (χ1n) is 6.88. The molecule has 116 valence electrons. The van der Waals surface area contributed by atoms with Gasteiger partial charge in [0, 0.05) is 0 Å². The smallest absolute Gasteiger partial charge is 0.0155 e. The Kier molecular flexibility index (Phi) is 8.55. The second-order valence-corrected chi connectivity index (χ2v) is 4.75. The van der Waals surface area contributed by atoms with E-state index in [1.807, 2.05) is 19.1 Å². The summed E-state index contributed by atoms with van der Waals surface area (Å²) in [6.07, 6.45) is 8.03. The maximum Gasteiger partial charge on any atom is -0.0155 e. The molecular formula is C22H28. The van der Waals surface area contributed by atoms with Gasteiger partial charge in [-0.05, 0) is 47.7 Å². The minimum Gasteiger partial charge on any atom is -0.0990 e. The van der Waals surface area contributed by atoms with Crippen molar-refractivity contribution in [3.8, 4) is 11.1 Å². The summed E-state index contributed by atoms with van der Waals surface area (Å²) in [7, 11) is 0. The van der Waals surface area contributed by atoms with Crippen LogP contribution in [0.5, 0.6) is 0 Å². The van der Waals surface area contributed by atoms with Crippen LogP contribution in [-0.2, 0) is 0 Å². The SMILES string of the molecule is C.C.C=C/C=C(\C=C/C)c1cccc(-c2ccccc2C)c1. The first-order valence-corrected chi connectivity index (χ1v) is 6.88. The van der Waals surface area contributed by atoms with Crippen LogP contribution in [-0.4, -0.2) is 0 Å². The molecule has 0 aliphatic carbocycles. The van der Waals surface area contributed by atoms with Crippen LogP contribution in [0.3, 0.4) is 0 Å². The van der Waals surface area contributed by atoms with Gasteiger partial charge >= 0.3 is 0 Å². The summed E-state index contributed by atoms with van der Waals surface area (Å²) in [6.45, 7) is 7.97. The van der Waals surface area contributed by atoms with Crippen LogP contribution in [0.2, 0.25) is 0 Å². The summed E-state index contributed by atoms with van der Waals surface area (Å²) >= 11 is 0. The van der Waals surface area contributed by atoms with E-state index in [0.29, 0.717) is 0 Å². The Labute approximate surface area is 136 Å². The average molecular weight is 292 g/mol. The van der Waals surface area contributed by atoms with Gasteiger partial charge < -0.3 is 0 Å². The van der Waals surface area contributed by atoms with Gasteiger partial charge in [-0.3, -0.25) is 0 Å². The summed E-state index contributed by atoms with van der Waals surface area (Å²) in [6, 6.07) is 17.1. The van der Waals surface area contributed by atoms with Crippen molar-refractivity contribution in [3.63, 3.8) is 0 Å². The first kappa shape index (κ1) is 19.7. The number of allylic oxidation sites excluding steroid dienone is 5. The lowest BCUT2D eigenvalue weighted by molar-refractivity contribution is 1.45. The quantitative estimate of drug-likeness (QED) is 0.528. The maximum atomic E-state index is 3.79. The van der Waals surface area contributed by atoms with E-state index in [-0.39, 0.29) is 14.9 Å². The molecule has 2 rings (SSSR count). The number of hydrogen-bond donors (Lipinski definition) is 0. The van der Waals surface area contributed by atoms with Gasteiger partial charge in [-0.2, -0.15) is 0 Å². The molecule has 0 unspecified atom stereocenters. The number of rotatable bonds is 4. The third kappa shape index (κ3) is 4.60. The largest absolute Gasteiger partial charge is 0.0990 e. The van der Waals surface area contributed by atoms with Gasteiger partial charge in [-0.25, -0.2) is 0 Å². The fourth-order valence-electron chi connectivity index (χ4n) is 2.32. The minimum absolute atomic E-state index is 0. The van der Waals surface area contributed by atoms with E-state index < -0.39 is 0 Å². The molecule has 0 saturated carbocycles. The zero-order valence-corrected chi connectivity index (χ0v) is 12.1. The highest BCUT2D eigenvalue weighted by Crippen LogP contribution is 2.26. The van der Waals surface area contributed by atoms with Gasteiger partial charge in [-0.15, -0.1) is 0 Å². The van der Waals surface area contributed by atoms with E-state index >= 15 is 0 Å². The molecular weight excluding hydrogens is 264 g/mol. The Balaban J connectivity index is 0.00000220. The zero-order chi connectivity index (χ0) is 14.4. The van der Waals surface area contributed by atoms with Crippen LogP contribution in [0.4, 0.5) is 0 Å². The molecule has 0 nitrogen and oxygen atoms in total. The molecule has 0 N–H and O–H groups in total. The summed E-state index contributed by atoms with van der Waals surface area (Å²) in [5, 5.41) is 0.